The molecular formula is C9H8BrN5O2. The number of hydrogen-bond donors (Lipinski definition) is 2. The van der Waals surface area contributed by atoms with E-state index in [9.17, 15) is 10.1 Å². The van der Waals surface area contributed by atoms with Crippen LogP contribution >= 0.6 is 15.9 Å². The third-order valence-corrected chi connectivity index (χ3v) is 2.55. The number of nitro groups is 1. The van der Waals surface area contributed by atoms with E-state index in [1.54, 1.807) is 13.1 Å². The van der Waals surface area contributed by atoms with Crippen molar-refractivity contribution < 1.29 is 4.92 Å². The van der Waals surface area contributed by atoms with Crippen LogP contribution in [0.3, 0.4) is 0 Å². The molecule has 2 heterocycles. The molecule has 2 N–H and O–H groups in total. The molecule has 0 unspecified atom stereocenters. The summed E-state index contributed by atoms with van der Waals surface area (Å²) in [7, 11) is 0. The predicted octanol–water partition coefficient (Wildman–Crippen LogP) is 2.53. The number of pyridine rings is 1. The van der Waals surface area contributed by atoms with Crippen LogP contribution < -0.4 is 5.32 Å². The number of halogens is 1. The summed E-state index contributed by atoms with van der Waals surface area (Å²) in [5.41, 5.74) is 1.34. The highest BCUT2D eigenvalue weighted by Gasteiger charge is 2.16. The molecule has 0 saturated carbocycles. The smallest absolute Gasteiger partial charge is 0.312 e. The van der Waals surface area contributed by atoms with E-state index in [1.807, 2.05) is 0 Å². The molecule has 0 aliphatic carbocycles. The summed E-state index contributed by atoms with van der Waals surface area (Å²) in [6, 6.07) is 1.39. The molecule has 0 radical (unpaired) electrons. The van der Waals surface area contributed by atoms with Crippen LogP contribution in [0.25, 0.3) is 0 Å². The first-order valence-corrected chi connectivity index (χ1v) is 5.44. The Balaban J connectivity index is 2.39. The van der Waals surface area contributed by atoms with E-state index in [4.69, 9.17) is 0 Å². The normalized spacial score (nSPS) is 10.2. The van der Waals surface area contributed by atoms with Crippen LogP contribution in [0.5, 0.6) is 0 Å². The van der Waals surface area contributed by atoms with Crippen molar-refractivity contribution in [1.82, 2.24) is 15.2 Å². The van der Waals surface area contributed by atoms with E-state index in [0.29, 0.717) is 10.2 Å². The maximum atomic E-state index is 10.9. The molecule has 0 aromatic carbocycles. The average molecular weight is 298 g/mol. The summed E-state index contributed by atoms with van der Waals surface area (Å²) < 4.78 is 0.554. The van der Waals surface area contributed by atoms with Crippen molar-refractivity contribution in [3.05, 3.63) is 38.7 Å². The van der Waals surface area contributed by atoms with Crippen LogP contribution in [0.15, 0.2) is 22.9 Å². The number of anilines is 2. The molecule has 0 aliphatic rings. The predicted molar refractivity (Wildman–Crippen MR) is 65.2 cm³/mol. The third kappa shape index (κ3) is 2.41. The van der Waals surface area contributed by atoms with Crippen molar-refractivity contribution in [3.8, 4) is 0 Å². The fraction of sp³-hybridized carbons (Fsp3) is 0.111. The summed E-state index contributed by atoms with van der Waals surface area (Å²) in [5, 5.41) is 20.3. The molecule has 7 nitrogen and oxygen atoms in total. The number of aromatic amines is 1. The first-order valence-electron chi connectivity index (χ1n) is 4.65. The largest absolute Gasteiger partial charge is 0.332 e. The van der Waals surface area contributed by atoms with E-state index < -0.39 is 4.92 Å². The van der Waals surface area contributed by atoms with Gasteiger partial charge in [0.25, 0.3) is 0 Å². The molecule has 2 aromatic heterocycles. The maximum absolute atomic E-state index is 10.9. The average Bonchev–Trinajstić information content (AvgIpc) is 2.67. The number of H-pyrrole nitrogens is 1. The van der Waals surface area contributed by atoms with E-state index in [2.05, 4.69) is 36.4 Å². The lowest BCUT2D eigenvalue weighted by Crippen LogP contribution is -1.99. The van der Waals surface area contributed by atoms with Crippen LogP contribution in [0.2, 0.25) is 0 Å². The van der Waals surface area contributed by atoms with Crippen molar-refractivity contribution in [2.24, 2.45) is 0 Å². The molecule has 2 aromatic rings. The minimum atomic E-state index is -0.491. The Morgan fingerprint density at radius 3 is 2.88 bits per heavy atom. The van der Waals surface area contributed by atoms with Crippen molar-refractivity contribution in [3.63, 3.8) is 0 Å². The van der Waals surface area contributed by atoms with Crippen molar-refractivity contribution >= 4 is 33.1 Å². The second-order valence-electron chi connectivity index (χ2n) is 3.31. The molecule has 8 heteroatoms. The first kappa shape index (κ1) is 11.5. The highest BCUT2D eigenvalue weighted by Crippen LogP contribution is 2.28. The number of aryl methyl sites for hydroxylation is 1. The summed E-state index contributed by atoms with van der Waals surface area (Å²) >= 11 is 3.14. The van der Waals surface area contributed by atoms with Gasteiger partial charge in [-0.05, 0) is 22.9 Å². The lowest BCUT2D eigenvalue weighted by atomic mass is 10.3. The highest BCUT2D eigenvalue weighted by molar-refractivity contribution is 9.10. The summed E-state index contributed by atoms with van der Waals surface area (Å²) in [4.78, 5) is 14.4. The van der Waals surface area contributed by atoms with Crippen LogP contribution in [0.4, 0.5) is 17.2 Å². The van der Waals surface area contributed by atoms with Gasteiger partial charge in [-0.2, -0.15) is 5.10 Å². The fourth-order valence-electron chi connectivity index (χ4n) is 1.27. The molecule has 0 saturated heterocycles. The molecule has 0 amide bonds. The molecule has 88 valence electrons. The zero-order valence-corrected chi connectivity index (χ0v) is 10.4. The van der Waals surface area contributed by atoms with Gasteiger partial charge >= 0.3 is 5.69 Å². The van der Waals surface area contributed by atoms with Gasteiger partial charge in [0, 0.05) is 16.7 Å². The Labute approximate surface area is 105 Å². The van der Waals surface area contributed by atoms with Gasteiger partial charge in [0.1, 0.15) is 0 Å². The number of nitrogens with one attached hydrogen (secondary N) is 2. The zero-order chi connectivity index (χ0) is 12.4. The zero-order valence-electron chi connectivity index (χ0n) is 8.77. The number of aromatic nitrogens is 3. The minimum absolute atomic E-state index is 0.0972. The van der Waals surface area contributed by atoms with Gasteiger partial charge < -0.3 is 5.32 Å². The topological polar surface area (TPSA) is 96.7 Å². The van der Waals surface area contributed by atoms with Crippen LogP contribution in [0, 0.1) is 17.0 Å². The Hall–Kier alpha value is -1.96. The van der Waals surface area contributed by atoms with E-state index >= 15 is 0 Å². The molecule has 17 heavy (non-hydrogen) atoms. The van der Waals surface area contributed by atoms with Gasteiger partial charge in [-0.3, -0.25) is 15.2 Å². The number of hydrogen-bond acceptors (Lipinski definition) is 5. The molecule has 0 bridgehead atoms. The summed E-state index contributed by atoms with van der Waals surface area (Å²) in [5.74, 6) is 0.183. The summed E-state index contributed by atoms with van der Waals surface area (Å²) in [6.45, 7) is 1.81. The molecule has 0 fully saturated rings. The van der Waals surface area contributed by atoms with Crippen molar-refractivity contribution in [2.45, 2.75) is 6.92 Å². The lowest BCUT2D eigenvalue weighted by Gasteiger charge is -2.04. The van der Waals surface area contributed by atoms with E-state index in [0.717, 1.165) is 5.69 Å². The lowest BCUT2D eigenvalue weighted by molar-refractivity contribution is -0.384. The Bertz CT molecular complexity index is 568. The Kier molecular flexibility index (Phi) is 3.05. The number of nitrogens with zero attached hydrogens (tertiary/aromatic N) is 3. The Morgan fingerprint density at radius 1 is 1.53 bits per heavy atom. The van der Waals surface area contributed by atoms with Gasteiger partial charge in [-0.25, -0.2) is 4.98 Å². The van der Waals surface area contributed by atoms with Crippen molar-refractivity contribution in [2.75, 3.05) is 5.32 Å². The van der Waals surface area contributed by atoms with Gasteiger partial charge in [0.15, 0.2) is 0 Å². The van der Waals surface area contributed by atoms with Gasteiger partial charge in [0.2, 0.25) is 5.82 Å². The maximum Gasteiger partial charge on any atom is 0.312 e. The second-order valence-corrected chi connectivity index (χ2v) is 4.23. The quantitative estimate of drug-likeness (QED) is 0.670. The minimum Gasteiger partial charge on any atom is -0.332 e. The standard InChI is InChI=1S/C9H8BrN5O2/c1-5-7(4-12-14-5)13-9-8(15(16)17)2-6(10)3-11-9/h2-4H,1H3,(H,11,13)(H,12,14). The third-order valence-electron chi connectivity index (χ3n) is 2.11. The molecule has 0 atom stereocenters. The SMILES string of the molecule is Cc1[nH]ncc1Nc1ncc(Br)cc1[N+](=O)[O-]. The summed E-state index contributed by atoms with van der Waals surface area (Å²) in [6.07, 6.45) is 3.04. The van der Waals surface area contributed by atoms with Crippen LogP contribution in [0.1, 0.15) is 5.69 Å². The second kappa shape index (κ2) is 4.50. The molecular weight excluding hydrogens is 290 g/mol. The molecule has 2 rings (SSSR count). The van der Waals surface area contributed by atoms with E-state index in [-0.39, 0.29) is 11.5 Å². The van der Waals surface area contributed by atoms with Crippen molar-refractivity contribution in [1.29, 1.82) is 0 Å². The van der Waals surface area contributed by atoms with Crippen LogP contribution in [-0.2, 0) is 0 Å². The molecule has 0 spiro atoms. The van der Waals surface area contributed by atoms with E-state index in [1.165, 1.54) is 12.3 Å². The highest BCUT2D eigenvalue weighted by atomic mass is 79.9. The molecule has 0 aliphatic heterocycles. The fourth-order valence-corrected chi connectivity index (χ4v) is 1.59. The van der Waals surface area contributed by atoms with Gasteiger partial charge in [-0.15, -0.1) is 0 Å². The Morgan fingerprint density at radius 2 is 2.29 bits per heavy atom. The number of rotatable bonds is 3. The van der Waals surface area contributed by atoms with Crippen LogP contribution in [-0.4, -0.2) is 20.1 Å². The first-order chi connectivity index (χ1) is 8.08. The van der Waals surface area contributed by atoms with Gasteiger partial charge in [0.05, 0.1) is 22.5 Å². The monoisotopic (exact) mass is 297 g/mol. The van der Waals surface area contributed by atoms with Gasteiger partial charge in [-0.1, -0.05) is 0 Å².